The monoisotopic (exact) mass is 338 g/mol. The molecule has 1 aromatic heterocycles. The molecule has 25 heavy (non-hydrogen) atoms. The molecule has 1 aliphatic rings. The molecular weight excluding hydrogens is 312 g/mol. The Kier molecular flexibility index (Phi) is 5.31. The van der Waals surface area contributed by atoms with Crippen molar-refractivity contribution in [2.75, 3.05) is 12.4 Å². The van der Waals surface area contributed by atoms with Gasteiger partial charge in [-0.3, -0.25) is 4.79 Å². The summed E-state index contributed by atoms with van der Waals surface area (Å²) in [6.07, 6.45) is 3.47. The highest BCUT2D eigenvalue weighted by molar-refractivity contribution is 5.76. The van der Waals surface area contributed by atoms with E-state index in [1.165, 1.54) is 18.4 Å². The predicted molar refractivity (Wildman–Crippen MR) is 99.6 cm³/mol. The van der Waals surface area contributed by atoms with E-state index in [4.69, 9.17) is 4.98 Å². The Labute approximate surface area is 149 Å². The quantitative estimate of drug-likeness (QED) is 0.811. The lowest BCUT2D eigenvalue weighted by Gasteiger charge is -2.20. The van der Waals surface area contributed by atoms with E-state index in [1.54, 1.807) is 0 Å². The minimum atomic E-state index is -0.0843. The summed E-state index contributed by atoms with van der Waals surface area (Å²) in [5.74, 6) is 2.31. The highest BCUT2D eigenvalue weighted by Crippen LogP contribution is 2.38. The van der Waals surface area contributed by atoms with Crippen molar-refractivity contribution in [3.8, 4) is 0 Å². The number of carbonyl (C=O) groups is 1. The summed E-state index contributed by atoms with van der Waals surface area (Å²) in [6, 6.07) is 10.2. The van der Waals surface area contributed by atoms with E-state index in [9.17, 15) is 4.79 Å². The summed E-state index contributed by atoms with van der Waals surface area (Å²) >= 11 is 0. The Morgan fingerprint density at radius 1 is 1.28 bits per heavy atom. The molecule has 1 aromatic carbocycles. The lowest BCUT2D eigenvalue weighted by atomic mass is 9.99. The smallest absolute Gasteiger partial charge is 0.220 e. The number of hydrogen-bond donors (Lipinski definition) is 2. The molecule has 132 valence electrons. The fourth-order valence-electron chi connectivity index (χ4n) is 2.92. The molecule has 0 bridgehead atoms. The van der Waals surface area contributed by atoms with Crippen LogP contribution < -0.4 is 10.6 Å². The van der Waals surface area contributed by atoms with Gasteiger partial charge in [0.1, 0.15) is 11.6 Å². The zero-order chi connectivity index (χ0) is 17.8. The minimum absolute atomic E-state index is 0.0526. The van der Waals surface area contributed by atoms with Gasteiger partial charge in [0.15, 0.2) is 0 Å². The summed E-state index contributed by atoms with van der Waals surface area (Å²) in [7, 11) is 1.87. The number of carbonyl (C=O) groups excluding carboxylic acids is 1. The van der Waals surface area contributed by atoms with Crippen LogP contribution in [0.1, 0.15) is 60.8 Å². The Morgan fingerprint density at radius 2 is 2.08 bits per heavy atom. The molecule has 5 nitrogen and oxygen atoms in total. The van der Waals surface area contributed by atoms with Crippen molar-refractivity contribution in [3.05, 3.63) is 53.0 Å². The first kappa shape index (κ1) is 17.4. The van der Waals surface area contributed by atoms with Gasteiger partial charge in [-0.25, -0.2) is 9.97 Å². The molecule has 0 radical (unpaired) electrons. The number of amides is 1. The van der Waals surface area contributed by atoms with Crippen molar-refractivity contribution in [1.82, 2.24) is 15.3 Å². The van der Waals surface area contributed by atoms with Crippen LogP contribution in [-0.4, -0.2) is 22.9 Å². The van der Waals surface area contributed by atoms with E-state index >= 15 is 0 Å². The number of nitrogens with one attached hydrogen (secondary N) is 2. The van der Waals surface area contributed by atoms with Crippen LogP contribution in [0.4, 0.5) is 5.82 Å². The van der Waals surface area contributed by atoms with Crippen LogP contribution in [0.2, 0.25) is 0 Å². The molecule has 1 atom stereocenters. The maximum atomic E-state index is 12.0. The van der Waals surface area contributed by atoms with Crippen LogP contribution in [0, 0.1) is 6.92 Å². The highest BCUT2D eigenvalue weighted by Gasteiger charge is 2.27. The third-order valence-corrected chi connectivity index (χ3v) is 4.51. The molecule has 1 heterocycles. The van der Waals surface area contributed by atoms with Crippen molar-refractivity contribution in [1.29, 1.82) is 0 Å². The molecule has 0 saturated heterocycles. The molecule has 3 rings (SSSR count). The predicted octanol–water partition coefficient (Wildman–Crippen LogP) is 3.51. The van der Waals surface area contributed by atoms with Crippen LogP contribution in [0.5, 0.6) is 0 Å². The molecule has 0 spiro atoms. The Morgan fingerprint density at radius 3 is 2.72 bits per heavy atom. The van der Waals surface area contributed by atoms with E-state index in [2.05, 4.69) is 40.7 Å². The molecule has 2 N–H and O–H groups in total. The number of benzene rings is 1. The lowest BCUT2D eigenvalue weighted by molar-refractivity contribution is -0.121. The fraction of sp³-hybridized carbons (Fsp3) is 0.450. The SMILES string of the molecule is CCC(=O)N[C@@H](Cc1cc(NC)nc(C2CC2)n1)c1cccc(C)c1. The average Bonchev–Trinajstić information content (AvgIpc) is 3.46. The summed E-state index contributed by atoms with van der Waals surface area (Å²) in [5.41, 5.74) is 3.26. The zero-order valence-electron chi connectivity index (χ0n) is 15.2. The number of anilines is 1. The van der Waals surface area contributed by atoms with Crippen LogP contribution in [-0.2, 0) is 11.2 Å². The topological polar surface area (TPSA) is 66.9 Å². The van der Waals surface area contributed by atoms with E-state index in [0.29, 0.717) is 18.8 Å². The van der Waals surface area contributed by atoms with Gasteiger partial charge in [0, 0.05) is 37.6 Å². The first-order valence-corrected chi connectivity index (χ1v) is 9.00. The molecular formula is C20H26N4O. The molecule has 1 aliphatic carbocycles. The van der Waals surface area contributed by atoms with Crippen LogP contribution >= 0.6 is 0 Å². The number of rotatable bonds is 7. The van der Waals surface area contributed by atoms with Crippen molar-refractivity contribution in [2.45, 2.75) is 51.5 Å². The first-order chi connectivity index (χ1) is 12.1. The first-order valence-electron chi connectivity index (χ1n) is 9.00. The van der Waals surface area contributed by atoms with Gasteiger partial charge < -0.3 is 10.6 Å². The van der Waals surface area contributed by atoms with E-state index in [1.807, 2.05) is 26.1 Å². The average molecular weight is 338 g/mol. The van der Waals surface area contributed by atoms with Gasteiger partial charge in [0.2, 0.25) is 5.91 Å². The minimum Gasteiger partial charge on any atom is -0.373 e. The Bertz CT molecular complexity index is 755. The third-order valence-electron chi connectivity index (χ3n) is 4.51. The van der Waals surface area contributed by atoms with Crippen LogP contribution in [0.25, 0.3) is 0 Å². The second kappa shape index (κ2) is 7.64. The zero-order valence-corrected chi connectivity index (χ0v) is 15.2. The summed E-state index contributed by atoms with van der Waals surface area (Å²) in [4.78, 5) is 21.4. The molecule has 1 saturated carbocycles. The molecule has 1 amide bonds. The maximum absolute atomic E-state index is 12.0. The summed E-state index contributed by atoms with van der Waals surface area (Å²) in [5, 5.41) is 6.27. The molecule has 5 heteroatoms. The molecule has 0 unspecified atom stereocenters. The van der Waals surface area contributed by atoms with Gasteiger partial charge in [-0.15, -0.1) is 0 Å². The number of aryl methyl sites for hydroxylation is 1. The fourth-order valence-corrected chi connectivity index (χ4v) is 2.92. The Hall–Kier alpha value is -2.43. The Balaban J connectivity index is 1.89. The molecule has 1 fully saturated rings. The molecule has 0 aliphatic heterocycles. The van der Waals surface area contributed by atoms with Crippen molar-refractivity contribution in [3.63, 3.8) is 0 Å². The highest BCUT2D eigenvalue weighted by atomic mass is 16.1. The molecule has 2 aromatic rings. The van der Waals surface area contributed by atoms with Gasteiger partial charge >= 0.3 is 0 Å². The summed E-state index contributed by atoms with van der Waals surface area (Å²) in [6.45, 7) is 3.94. The largest absolute Gasteiger partial charge is 0.373 e. The van der Waals surface area contributed by atoms with Crippen LogP contribution in [0.15, 0.2) is 30.3 Å². The van der Waals surface area contributed by atoms with Gasteiger partial charge in [0.25, 0.3) is 0 Å². The number of aromatic nitrogens is 2. The van der Waals surface area contributed by atoms with Crippen molar-refractivity contribution >= 4 is 11.7 Å². The van der Waals surface area contributed by atoms with Crippen molar-refractivity contribution in [2.24, 2.45) is 0 Å². The number of hydrogen-bond acceptors (Lipinski definition) is 4. The van der Waals surface area contributed by atoms with Gasteiger partial charge in [-0.2, -0.15) is 0 Å². The second-order valence-corrected chi connectivity index (χ2v) is 6.72. The normalized spacial score (nSPS) is 14.8. The van der Waals surface area contributed by atoms with Gasteiger partial charge in [-0.05, 0) is 25.3 Å². The van der Waals surface area contributed by atoms with E-state index in [-0.39, 0.29) is 11.9 Å². The lowest BCUT2D eigenvalue weighted by Crippen LogP contribution is -2.29. The van der Waals surface area contributed by atoms with Gasteiger partial charge in [0.05, 0.1) is 6.04 Å². The van der Waals surface area contributed by atoms with Gasteiger partial charge in [-0.1, -0.05) is 36.8 Å². The van der Waals surface area contributed by atoms with E-state index in [0.717, 1.165) is 22.9 Å². The standard InChI is InChI=1S/C20H26N4O/c1-4-19(25)23-17(15-7-5-6-13(2)10-15)11-16-12-18(21-3)24-20(22-16)14-8-9-14/h5-7,10,12,14,17H,4,8-9,11H2,1-3H3,(H,23,25)(H,21,22,24)/t17-/m0/s1. The second-order valence-electron chi connectivity index (χ2n) is 6.72. The number of nitrogens with zero attached hydrogens (tertiary/aromatic N) is 2. The third kappa shape index (κ3) is 4.56. The van der Waals surface area contributed by atoms with Crippen molar-refractivity contribution < 1.29 is 4.79 Å². The van der Waals surface area contributed by atoms with E-state index < -0.39 is 0 Å². The van der Waals surface area contributed by atoms with Crippen LogP contribution in [0.3, 0.4) is 0 Å². The summed E-state index contributed by atoms with van der Waals surface area (Å²) < 4.78 is 0. The maximum Gasteiger partial charge on any atom is 0.220 e.